The number of nitrogens with zero attached hydrogens (tertiary/aromatic N) is 2. The van der Waals surface area contributed by atoms with Crippen LogP contribution in [0.3, 0.4) is 0 Å². The number of halogens is 1. The first-order valence-electron chi connectivity index (χ1n) is 9.78. The Hall–Kier alpha value is -2.21. The molecule has 1 atom stereocenters. The second kappa shape index (κ2) is 9.13. The van der Waals surface area contributed by atoms with Gasteiger partial charge in [0, 0.05) is 32.7 Å². The van der Waals surface area contributed by atoms with Gasteiger partial charge in [0.25, 0.3) is 5.91 Å². The molecule has 1 N–H and O–H groups in total. The maximum Gasteiger partial charge on any atom is 0.256 e. The molecule has 1 aromatic carbocycles. The molecule has 1 saturated carbocycles. The summed E-state index contributed by atoms with van der Waals surface area (Å²) in [5.41, 5.74) is 0.113. The summed E-state index contributed by atoms with van der Waals surface area (Å²) in [5.74, 6) is -0.349. The summed E-state index contributed by atoms with van der Waals surface area (Å²) in [6.45, 7) is 6.40. The van der Waals surface area contributed by atoms with E-state index in [0.717, 1.165) is 12.8 Å². The highest BCUT2D eigenvalue weighted by molar-refractivity contribution is 5.94. The number of carbonyl (C=O) groups excluding carboxylic acids is 2. The first-order chi connectivity index (χ1) is 13.1. The maximum absolute atomic E-state index is 13.9. The van der Waals surface area contributed by atoms with E-state index in [1.54, 1.807) is 23.1 Å². The number of hydrogen-bond acceptors (Lipinski definition) is 3. The minimum absolute atomic E-state index is 0.0516. The molecule has 1 aliphatic carbocycles. The summed E-state index contributed by atoms with van der Waals surface area (Å²) in [6.07, 6.45) is 6.17. The van der Waals surface area contributed by atoms with Crippen molar-refractivity contribution in [2.75, 3.05) is 32.7 Å². The predicted molar refractivity (Wildman–Crippen MR) is 103 cm³/mol. The summed E-state index contributed by atoms with van der Waals surface area (Å²) in [7, 11) is 0. The molecule has 1 aromatic rings. The highest BCUT2D eigenvalue weighted by Gasteiger charge is 2.37. The van der Waals surface area contributed by atoms with Gasteiger partial charge in [-0.2, -0.15) is 0 Å². The third-order valence-corrected chi connectivity index (χ3v) is 5.63. The third-order valence-electron chi connectivity index (χ3n) is 5.63. The molecule has 2 aliphatic rings. The molecule has 3 rings (SSSR count). The van der Waals surface area contributed by atoms with Gasteiger partial charge in [-0.25, -0.2) is 4.39 Å². The molecule has 146 valence electrons. The molecule has 2 amide bonds. The Kier molecular flexibility index (Phi) is 6.61. The number of carbonyl (C=O) groups is 2. The minimum Gasteiger partial charge on any atom is -0.351 e. The van der Waals surface area contributed by atoms with Crippen molar-refractivity contribution in [2.45, 2.75) is 31.7 Å². The summed E-state index contributed by atoms with van der Waals surface area (Å²) in [5, 5.41) is 2.95. The fourth-order valence-corrected chi connectivity index (χ4v) is 4.24. The average Bonchev–Trinajstić information content (AvgIpc) is 3.21. The second-order valence-electron chi connectivity index (χ2n) is 7.33. The summed E-state index contributed by atoms with van der Waals surface area (Å²) in [6, 6.07) is 5.93. The Morgan fingerprint density at radius 3 is 2.48 bits per heavy atom. The fraction of sp³-hybridized carbons (Fsp3) is 0.524. The van der Waals surface area contributed by atoms with Gasteiger partial charge in [0.1, 0.15) is 5.82 Å². The topological polar surface area (TPSA) is 52.7 Å². The first kappa shape index (κ1) is 19.5. The van der Waals surface area contributed by atoms with E-state index in [0.29, 0.717) is 38.6 Å². The molecule has 0 aromatic heterocycles. The van der Waals surface area contributed by atoms with Crippen molar-refractivity contribution in [3.8, 4) is 0 Å². The number of piperazine rings is 1. The van der Waals surface area contributed by atoms with E-state index in [2.05, 4.69) is 16.8 Å². The van der Waals surface area contributed by atoms with Gasteiger partial charge in [-0.1, -0.05) is 31.1 Å². The Morgan fingerprint density at radius 2 is 1.85 bits per heavy atom. The van der Waals surface area contributed by atoms with Gasteiger partial charge in [-0.3, -0.25) is 14.5 Å². The molecule has 1 aliphatic heterocycles. The molecular weight excluding hydrogens is 345 g/mol. The molecule has 27 heavy (non-hydrogen) atoms. The van der Waals surface area contributed by atoms with Crippen molar-refractivity contribution >= 4 is 11.8 Å². The zero-order valence-corrected chi connectivity index (χ0v) is 15.7. The normalized spacial score (nSPS) is 19.7. The van der Waals surface area contributed by atoms with E-state index in [4.69, 9.17) is 0 Å². The Bertz CT molecular complexity index is 680. The summed E-state index contributed by atoms with van der Waals surface area (Å²) in [4.78, 5) is 29.2. The van der Waals surface area contributed by atoms with Gasteiger partial charge < -0.3 is 10.2 Å². The van der Waals surface area contributed by atoms with E-state index in [1.807, 2.05) is 0 Å². The van der Waals surface area contributed by atoms with Crippen molar-refractivity contribution in [1.82, 2.24) is 15.1 Å². The van der Waals surface area contributed by atoms with Gasteiger partial charge >= 0.3 is 0 Å². The van der Waals surface area contributed by atoms with Crippen LogP contribution in [0.25, 0.3) is 0 Å². The number of rotatable bonds is 6. The van der Waals surface area contributed by atoms with Crippen LogP contribution in [0.15, 0.2) is 36.9 Å². The highest BCUT2D eigenvalue weighted by atomic mass is 19.1. The second-order valence-corrected chi connectivity index (χ2v) is 7.33. The van der Waals surface area contributed by atoms with E-state index in [-0.39, 0.29) is 23.4 Å². The van der Waals surface area contributed by atoms with Crippen LogP contribution in [0.5, 0.6) is 0 Å². The smallest absolute Gasteiger partial charge is 0.256 e. The average molecular weight is 373 g/mol. The quantitative estimate of drug-likeness (QED) is 0.780. The van der Waals surface area contributed by atoms with Crippen LogP contribution >= 0.6 is 0 Å². The largest absolute Gasteiger partial charge is 0.351 e. The highest BCUT2D eigenvalue weighted by Crippen LogP contribution is 2.31. The van der Waals surface area contributed by atoms with Crippen LogP contribution in [0, 0.1) is 11.7 Å². The van der Waals surface area contributed by atoms with Crippen molar-refractivity contribution in [3.63, 3.8) is 0 Å². The van der Waals surface area contributed by atoms with E-state index >= 15 is 0 Å². The molecule has 2 fully saturated rings. The van der Waals surface area contributed by atoms with Crippen LogP contribution < -0.4 is 5.32 Å². The van der Waals surface area contributed by atoms with Crippen molar-refractivity contribution < 1.29 is 14.0 Å². The van der Waals surface area contributed by atoms with Crippen molar-refractivity contribution in [3.05, 3.63) is 48.3 Å². The van der Waals surface area contributed by atoms with Gasteiger partial charge in [-0.15, -0.1) is 6.58 Å². The lowest BCUT2D eigenvalue weighted by Gasteiger charge is -2.40. The van der Waals surface area contributed by atoms with E-state index in [1.165, 1.54) is 25.0 Å². The standard InChI is InChI=1S/C21H28FN3O2/c1-2-11-23-20(26)19(16-7-3-4-8-16)24-12-14-25(15-13-24)21(27)17-9-5-6-10-18(17)22/h2,5-6,9-10,16,19H,1,3-4,7-8,11-15H2,(H,23,26)/t19-/m0/s1. The molecule has 0 bridgehead atoms. The Balaban J connectivity index is 1.64. The Morgan fingerprint density at radius 1 is 1.19 bits per heavy atom. The van der Waals surface area contributed by atoms with Gasteiger partial charge in [0.2, 0.25) is 5.91 Å². The molecule has 5 nitrogen and oxygen atoms in total. The van der Waals surface area contributed by atoms with Crippen LogP contribution in [0.2, 0.25) is 0 Å². The third kappa shape index (κ3) is 4.56. The van der Waals surface area contributed by atoms with Crippen LogP contribution in [-0.4, -0.2) is 60.4 Å². The molecule has 0 radical (unpaired) electrons. The molecule has 1 heterocycles. The lowest BCUT2D eigenvalue weighted by Crippen LogP contribution is -2.58. The molecule has 0 unspecified atom stereocenters. The zero-order valence-electron chi connectivity index (χ0n) is 15.7. The Labute approximate surface area is 160 Å². The SMILES string of the molecule is C=CCNC(=O)[C@H](C1CCCC1)N1CCN(C(=O)c2ccccc2F)CC1. The molecule has 1 saturated heterocycles. The van der Waals surface area contributed by atoms with Gasteiger partial charge in [-0.05, 0) is 30.9 Å². The van der Waals surface area contributed by atoms with Crippen LogP contribution in [0.4, 0.5) is 4.39 Å². The number of amides is 2. The van der Waals surface area contributed by atoms with E-state index in [9.17, 15) is 14.0 Å². The van der Waals surface area contributed by atoms with Crippen molar-refractivity contribution in [2.24, 2.45) is 5.92 Å². The summed E-state index contributed by atoms with van der Waals surface area (Å²) < 4.78 is 13.9. The fourth-order valence-electron chi connectivity index (χ4n) is 4.24. The summed E-state index contributed by atoms with van der Waals surface area (Å²) >= 11 is 0. The number of nitrogens with one attached hydrogen (secondary N) is 1. The van der Waals surface area contributed by atoms with Gasteiger partial charge in [0.05, 0.1) is 11.6 Å². The zero-order chi connectivity index (χ0) is 19.2. The number of benzene rings is 1. The maximum atomic E-state index is 13.9. The van der Waals surface area contributed by atoms with Gasteiger partial charge in [0.15, 0.2) is 0 Å². The van der Waals surface area contributed by atoms with E-state index < -0.39 is 5.82 Å². The predicted octanol–water partition coefficient (Wildman–Crippen LogP) is 2.44. The number of hydrogen-bond donors (Lipinski definition) is 1. The minimum atomic E-state index is -0.488. The molecular formula is C21H28FN3O2. The first-order valence-corrected chi connectivity index (χ1v) is 9.78. The lowest BCUT2D eigenvalue weighted by molar-refractivity contribution is -0.129. The van der Waals surface area contributed by atoms with Crippen molar-refractivity contribution in [1.29, 1.82) is 0 Å². The van der Waals surface area contributed by atoms with Crippen LogP contribution in [0.1, 0.15) is 36.0 Å². The van der Waals surface area contributed by atoms with Crippen LogP contribution in [-0.2, 0) is 4.79 Å². The molecule has 6 heteroatoms. The lowest BCUT2D eigenvalue weighted by atomic mass is 9.95. The monoisotopic (exact) mass is 373 g/mol. The molecule has 0 spiro atoms.